The fourth-order valence-corrected chi connectivity index (χ4v) is 7.33. The zero-order chi connectivity index (χ0) is 22.1. The van der Waals surface area contributed by atoms with Gasteiger partial charge in [0, 0.05) is 23.9 Å². The van der Waals surface area contributed by atoms with Crippen LogP contribution in [0.4, 0.5) is 0 Å². The lowest BCUT2D eigenvalue weighted by Crippen LogP contribution is -2.62. The van der Waals surface area contributed by atoms with Gasteiger partial charge in [0.2, 0.25) is 0 Å². The van der Waals surface area contributed by atoms with Crippen molar-refractivity contribution in [1.82, 2.24) is 5.06 Å². The van der Waals surface area contributed by atoms with E-state index in [4.69, 9.17) is 9.47 Å². The first-order valence-corrected chi connectivity index (χ1v) is 12.6. The van der Waals surface area contributed by atoms with E-state index in [0.29, 0.717) is 18.8 Å². The fourth-order valence-electron chi connectivity index (χ4n) is 7.19. The minimum absolute atomic E-state index is 0.0392. The zero-order valence-electron chi connectivity index (χ0n) is 18.8. The van der Waals surface area contributed by atoms with Crippen LogP contribution in [0.15, 0.2) is 0 Å². The van der Waals surface area contributed by atoms with Gasteiger partial charge in [0.1, 0.15) is 16.1 Å². The van der Waals surface area contributed by atoms with Gasteiger partial charge in [-0.1, -0.05) is 22.6 Å². The van der Waals surface area contributed by atoms with Crippen molar-refractivity contribution < 1.29 is 24.3 Å². The lowest BCUT2D eigenvalue weighted by molar-refractivity contribution is -0.262. The molecule has 3 unspecified atom stereocenters. The number of alkyl halides is 1. The van der Waals surface area contributed by atoms with E-state index in [0.717, 1.165) is 32.1 Å². The van der Waals surface area contributed by atoms with Gasteiger partial charge in [0.25, 0.3) is 0 Å². The van der Waals surface area contributed by atoms with Crippen molar-refractivity contribution in [3.63, 3.8) is 0 Å². The molecule has 4 saturated carbocycles. The smallest absolute Gasteiger partial charge is 0.318 e. The highest BCUT2D eigenvalue weighted by atomic mass is 127. The molecule has 30 heavy (non-hydrogen) atoms. The van der Waals surface area contributed by atoms with Crippen LogP contribution in [-0.4, -0.2) is 49.4 Å². The van der Waals surface area contributed by atoms with Gasteiger partial charge in [-0.05, 0) is 84.5 Å². The number of nitrogens with zero attached hydrogens (tertiary/aromatic N) is 1. The third-order valence-corrected chi connectivity index (χ3v) is 8.58. The SMILES string of the molecule is CC(I)C(=O)OC1C2CC3CC1CC(C(=O)OC1CC(C)(C)N(O)C(C)(C)C1)(C3)C2. The van der Waals surface area contributed by atoms with Crippen LogP contribution in [0.25, 0.3) is 0 Å². The summed E-state index contributed by atoms with van der Waals surface area (Å²) < 4.78 is 11.9. The van der Waals surface area contributed by atoms with Crippen molar-refractivity contribution in [3.05, 3.63) is 0 Å². The number of carbonyl (C=O) groups is 2. The number of hydrogen-bond acceptors (Lipinski definition) is 6. The van der Waals surface area contributed by atoms with E-state index >= 15 is 0 Å². The minimum Gasteiger partial charge on any atom is -0.462 e. The highest BCUT2D eigenvalue weighted by molar-refractivity contribution is 14.1. The molecule has 170 valence electrons. The Bertz CT molecular complexity index is 686. The molecule has 0 aromatic heterocycles. The van der Waals surface area contributed by atoms with Gasteiger partial charge >= 0.3 is 11.9 Å². The minimum atomic E-state index is -0.441. The van der Waals surface area contributed by atoms with E-state index in [1.807, 2.05) is 34.6 Å². The summed E-state index contributed by atoms with van der Waals surface area (Å²) in [5.74, 6) is 0.890. The van der Waals surface area contributed by atoms with Crippen LogP contribution in [0.3, 0.4) is 0 Å². The van der Waals surface area contributed by atoms with Crippen LogP contribution in [0.2, 0.25) is 0 Å². The van der Waals surface area contributed by atoms with Crippen LogP contribution < -0.4 is 0 Å². The molecule has 3 atom stereocenters. The number of piperidine rings is 1. The normalized spacial score (nSPS) is 40.8. The molecule has 0 aromatic rings. The maximum Gasteiger partial charge on any atom is 0.318 e. The molecule has 0 radical (unpaired) electrons. The van der Waals surface area contributed by atoms with Gasteiger partial charge in [-0.15, -0.1) is 0 Å². The number of hydrogen-bond donors (Lipinski definition) is 1. The second kappa shape index (κ2) is 7.58. The lowest BCUT2D eigenvalue weighted by Gasteiger charge is -2.58. The summed E-state index contributed by atoms with van der Waals surface area (Å²) in [6, 6.07) is 0. The predicted octanol–water partition coefficient (Wildman–Crippen LogP) is 4.50. The summed E-state index contributed by atoms with van der Waals surface area (Å²) in [6.07, 6.45) is 5.60. The summed E-state index contributed by atoms with van der Waals surface area (Å²) in [4.78, 5) is 25.7. The molecule has 6 nitrogen and oxygen atoms in total. The number of esters is 2. The first-order chi connectivity index (χ1) is 13.8. The van der Waals surface area contributed by atoms with Crippen LogP contribution in [0.1, 0.15) is 79.6 Å². The Morgan fingerprint density at radius 2 is 1.50 bits per heavy atom. The van der Waals surface area contributed by atoms with Crippen molar-refractivity contribution in [2.24, 2.45) is 23.2 Å². The first-order valence-electron chi connectivity index (χ1n) is 11.4. The van der Waals surface area contributed by atoms with Crippen molar-refractivity contribution in [2.45, 2.75) is 107 Å². The van der Waals surface area contributed by atoms with E-state index < -0.39 is 16.5 Å². The average molecular weight is 533 g/mol. The highest BCUT2D eigenvalue weighted by Gasteiger charge is 2.61. The van der Waals surface area contributed by atoms with Crippen LogP contribution in [-0.2, 0) is 19.1 Å². The number of halogens is 1. The third kappa shape index (κ3) is 3.91. The quantitative estimate of drug-likeness (QED) is 0.326. The summed E-state index contributed by atoms with van der Waals surface area (Å²) >= 11 is 2.10. The molecule has 4 aliphatic carbocycles. The lowest BCUT2D eigenvalue weighted by atomic mass is 9.48. The molecule has 1 heterocycles. The molecule has 1 saturated heterocycles. The molecule has 5 aliphatic rings. The number of carbonyl (C=O) groups excluding carboxylic acids is 2. The summed E-state index contributed by atoms with van der Waals surface area (Å²) in [5, 5.41) is 12.0. The predicted molar refractivity (Wildman–Crippen MR) is 120 cm³/mol. The second-order valence-electron chi connectivity index (χ2n) is 11.6. The van der Waals surface area contributed by atoms with Gasteiger partial charge in [-0.3, -0.25) is 9.59 Å². The summed E-state index contributed by atoms with van der Waals surface area (Å²) in [5.41, 5.74) is -1.30. The molecule has 1 N–H and O–H groups in total. The van der Waals surface area contributed by atoms with Gasteiger partial charge in [-0.25, -0.2) is 0 Å². The molecule has 0 amide bonds. The molecule has 5 fully saturated rings. The van der Waals surface area contributed by atoms with Crippen molar-refractivity contribution in [1.29, 1.82) is 0 Å². The standard InChI is InChI=1S/C23H36INO5/c1-13(24)19(26)30-18-15-6-14-7-16(18)10-23(8-14,9-15)20(27)29-17-11-21(2,3)25(28)22(4,5)12-17/h13-18,28H,6-12H2,1-5H3. The van der Waals surface area contributed by atoms with E-state index in [-0.39, 0.29) is 39.9 Å². The van der Waals surface area contributed by atoms with Crippen molar-refractivity contribution in [2.75, 3.05) is 0 Å². The van der Waals surface area contributed by atoms with Gasteiger partial charge in [0.15, 0.2) is 0 Å². The van der Waals surface area contributed by atoms with Crippen LogP contribution in [0.5, 0.6) is 0 Å². The Labute approximate surface area is 193 Å². The Balaban J connectivity index is 1.46. The Kier molecular flexibility index (Phi) is 5.75. The summed E-state index contributed by atoms with van der Waals surface area (Å²) in [6.45, 7) is 9.83. The monoisotopic (exact) mass is 533 g/mol. The molecule has 0 spiro atoms. The van der Waals surface area contributed by atoms with Crippen molar-refractivity contribution in [3.8, 4) is 0 Å². The average Bonchev–Trinajstić information content (AvgIpc) is 2.61. The van der Waals surface area contributed by atoms with Crippen molar-refractivity contribution >= 4 is 34.5 Å². The van der Waals surface area contributed by atoms with Gasteiger partial charge in [-0.2, -0.15) is 5.06 Å². The Morgan fingerprint density at radius 3 is 2.00 bits per heavy atom. The van der Waals surface area contributed by atoms with E-state index in [2.05, 4.69) is 22.6 Å². The van der Waals surface area contributed by atoms with E-state index in [1.54, 1.807) is 0 Å². The number of ether oxygens (including phenoxy) is 2. The van der Waals surface area contributed by atoms with Gasteiger partial charge in [0.05, 0.1) is 5.41 Å². The molecular weight excluding hydrogens is 497 g/mol. The number of rotatable bonds is 4. The van der Waals surface area contributed by atoms with Gasteiger partial charge < -0.3 is 14.7 Å². The maximum atomic E-state index is 13.5. The second-order valence-corrected chi connectivity index (χ2v) is 13.5. The fraction of sp³-hybridized carbons (Fsp3) is 0.913. The zero-order valence-corrected chi connectivity index (χ0v) is 21.0. The summed E-state index contributed by atoms with van der Waals surface area (Å²) in [7, 11) is 0. The Hall–Kier alpha value is -0.410. The number of hydroxylamine groups is 2. The highest BCUT2D eigenvalue weighted by Crippen LogP contribution is 2.61. The molecule has 4 bridgehead atoms. The maximum absolute atomic E-state index is 13.5. The Morgan fingerprint density at radius 1 is 0.967 bits per heavy atom. The van der Waals surface area contributed by atoms with Crippen LogP contribution >= 0.6 is 22.6 Å². The molecule has 5 rings (SSSR count). The molecule has 0 aromatic carbocycles. The van der Waals surface area contributed by atoms with E-state index in [1.165, 1.54) is 5.06 Å². The third-order valence-electron chi connectivity index (χ3n) is 8.07. The first kappa shape index (κ1) is 22.8. The van der Waals surface area contributed by atoms with Crippen LogP contribution in [0, 0.1) is 23.2 Å². The molecule has 7 heteroatoms. The van der Waals surface area contributed by atoms with E-state index in [9.17, 15) is 14.8 Å². The molecular formula is C23H36INO5. The molecule has 1 aliphatic heterocycles. The topological polar surface area (TPSA) is 76.1 Å². The largest absolute Gasteiger partial charge is 0.462 e.